The summed E-state index contributed by atoms with van der Waals surface area (Å²) in [7, 11) is 0. The largest absolute Gasteiger partial charge is 0.490 e. The van der Waals surface area contributed by atoms with Crippen LogP contribution in [0, 0.1) is 11.8 Å². The van der Waals surface area contributed by atoms with Gasteiger partial charge in [0, 0.05) is 23.0 Å². The standard InChI is InChI=1S/C24H24O6/c25-21(14-5-6-14)17-4-2-1-3-16(17)18-13-19-24(29-11-9-27-19)23(28-10-12-30-24)20(18)22(26)15-7-8-15/h1-4,13-15,23H,5-12H2. The van der Waals surface area contributed by atoms with Gasteiger partial charge in [-0.1, -0.05) is 24.3 Å². The Balaban J connectivity index is 1.56. The van der Waals surface area contributed by atoms with Gasteiger partial charge in [0.15, 0.2) is 17.3 Å². The zero-order valence-corrected chi connectivity index (χ0v) is 16.7. The quantitative estimate of drug-likeness (QED) is 0.698. The third-order valence-electron chi connectivity index (χ3n) is 6.50. The molecule has 2 aliphatic heterocycles. The van der Waals surface area contributed by atoms with Crippen LogP contribution in [0.2, 0.25) is 0 Å². The highest BCUT2D eigenvalue weighted by Gasteiger charge is 2.58. The van der Waals surface area contributed by atoms with Crippen molar-refractivity contribution in [3.8, 4) is 0 Å². The molecule has 2 heterocycles. The average molecular weight is 408 g/mol. The SMILES string of the molecule is O=C(C1=C(c2ccccc2C(=O)C2CC2)C=C2OCCOC23OCCOC13)C1CC1. The Morgan fingerprint density at radius 1 is 0.867 bits per heavy atom. The van der Waals surface area contributed by atoms with E-state index < -0.39 is 11.9 Å². The zero-order valence-electron chi connectivity index (χ0n) is 16.7. The third-order valence-corrected chi connectivity index (χ3v) is 6.50. The molecule has 1 spiro atoms. The van der Waals surface area contributed by atoms with Gasteiger partial charge in [0.1, 0.15) is 12.7 Å². The lowest BCUT2D eigenvalue weighted by Gasteiger charge is -2.48. The van der Waals surface area contributed by atoms with Crippen molar-refractivity contribution in [3.63, 3.8) is 0 Å². The van der Waals surface area contributed by atoms with E-state index in [-0.39, 0.29) is 23.4 Å². The van der Waals surface area contributed by atoms with Crippen LogP contribution in [-0.4, -0.2) is 49.9 Å². The van der Waals surface area contributed by atoms with Gasteiger partial charge in [0.25, 0.3) is 5.79 Å². The lowest BCUT2D eigenvalue weighted by molar-refractivity contribution is -0.328. The number of allylic oxidation sites excluding steroid dienone is 2. The second-order valence-corrected chi connectivity index (χ2v) is 8.62. The fraction of sp³-hybridized carbons (Fsp3) is 0.500. The van der Waals surface area contributed by atoms with Gasteiger partial charge in [-0.3, -0.25) is 9.59 Å². The lowest BCUT2D eigenvalue weighted by atomic mass is 9.80. The summed E-state index contributed by atoms with van der Waals surface area (Å²) < 4.78 is 24.2. The van der Waals surface area contributed by atoms with E-state index in [1.54, 1.807) is 0 Å². The van der Waals surface area contributed by atoms with Crippen LogP contribution in [0.25, 0.3) is 5.57 Å². The zero-order chi connectivity index (χ0) is 20.3. The molecule has 6 nitrogen and oxygen atoms in total. The van der Waals surface area contributed by atoms with Crippen LogP contribution in [0.1, 0.15) is 41.6 Å². The van der Waals surface area contributed by atoms with E-state index in [0.717, 1.165) is 31.2 Å². The van der Waals surface area contributed by atoms with Crippen molar-refractivity contribution in [2.24, 2.45) is 11.8 Å². The Kier molecular flexibility index (Phi) is 4.23. The summed E-state index contributed by atoms with van der Waals surface area (Å²) in [6.07, 6.45) is 4.78. The predicted molar refractivity (Wildman–Crippen MR) is 107 cm³/mol. The molecule has 156 valence electrons. The number of carbonyl (C=O) groups excluding carboxylic acids is 2. The van der Waals surface area contributed by atoms with Crippen molar-refractivity contribution in [3.05, 3.63) is 52.8 Å². The van der Waals surface area contributed by atoms with E-state index in [1.807, 2.05) is 30.3 Å². The number of ether oxygens (including phenoxy) is 4. The Hall–Kier alpha value is -2.28. The number of benzene rings is 1. The van der Waals surface area contributed by atoms with Gasteiger partial charge in [-0.05, 0) is 42.9 Å². The van der Waals surface area contributed by atoms with E-state index in [9.17, 15) is 9.59 Å². The summed E-state index contributed by atoms with van der Waals surface area (Å²) in [4.78, 5) is 26.5. The Labute approximate surface area is 174 Å². The molecule has 0 amide bonds. The maximum absolute atomic E-state index is 13.5. The van der Waals surface area contributed by atoms with E-state index in [0.29, 0.717) is 48.9 Å². The summed E-state index contributed by atoms with van der Waals surface area (Å²) in [5, 5.41) is 0. The van der Waals surface area contributed by atoms with Crippen molar-refractivity contribution in [1.82, 2.24) is 0 Å². The first-order valence-electron chi connectivity index (χ1n) is 10.9. The van der Waals surface area contributed by atoms with E-state index >= 15 is 0 Å². The van der Waals surface area contributed by atoms with E-state index in [4.69, 9.17) is 18.9 Å². The van der Waals surface area contributed by atoms with Crippen LogP contribution >= 0.6 is 0 Å². The van der Waals surface area contributed by atoms with Crippen LogP contribution in [0.3, 0.4) is 0 Å². The first kappa shape index (κ1) is 18.5. The maximum atomic E-state index is 13.5. The number of Topliss-reactive ketones (excluding diaryl/α,β-unsaturated/α-hetero) is 2. The minimum atomic E-state index is -1.21. The van der Waals surface area contributed by atoms with Gasteiger partial charge in [-0.2, -0.15) is 0 Å². The highest BCUT2D eigenvalue weighted by atomic mass is 16.8. The minimum absolute atomic E-state index is 0.00308. The molecule has 1 aromatic carbocycles. The third kappa shape index (κ3) is 2.82. The summed E-state index contributed by atoms with van der Waals surface area (Å²) in [6.45, 7) is 1.52. The molecule has 2 saturated heterocycles. The number of carbonyl (C=O) groups is 2. The molecule has 30 heavy (non-hydrogen) atoms. The van der Waals surface area contributed by atoms with Crippen molar-refractivity contribution in [2.45, 2.75) is 37.6 Å². The van der Waals surface area contributed by atoms with Crippen LogP contribution in [0.15, 0.2) is 41.7 Å². The van der Waals surface area contributed by atoms with Gasteiger partial charge in [-0.25, -0.2) is 0 Å². The Morgan fingerprint density at radius 3 is 2.33 bits per heavy atom. The molecule has 0 N–H and O–H groups in total. The fourth-order valence-electron chi connectivity index (χ4n) is 4.69. The molecule has 4 fully saturated rings. The lowest BCUT2D eigenvalue weighted by Crippen LogP contribution is -2.60. The number of hydrogen-bond donors (Lipinski definition) is 0. The monoisotopic (exact) mass is 408 g/mol. The second-order valence-electron chi connectivity index (χ2n) is 8.62. The molecule has 6 rings (SSSR count). The first-order valence-corrected chi connectivity index (χ1v) is 10.9. The molecule has 0 aromatic heterocycles. The Morgan fingerprint density at radius 2 is 1.57 bits per heavy atom. The highest BCUT2D eigenvalue weighted by molar-refractivity contribution is 6.12. The molecule has 5 aliphatic rings. The summed E-state index contributed by atoms with van der Waals surface area (Å²) in [5.41, 5.74) is 2.70. The molecule has 2 atom stereocenters. The van der Waals surface area contributed by atoms with Crippen LogP contribution in [-0.2, 0) is 23.7 Å². The van der Waals surface area contributed by atoms with Crippen LogP contribution < -0.4 is 0 Å². The molecular formula is C24H24O6. The molecule has 0 bridgehead atoms. The molecule has 2 saturated carbocycles. The van der Waals surface area contributed by atoms with Crippen molar-refractivity contribution >= 4 is 17.1 Å². The van der Waals surface area contributed by atoms with Gasteiger partial charge in [0.2, 0.25) is 0 Å². The van der Waals surface area contributed by atoms with Gasteiger partial charge < -0.3 is 18.9 Å². The number of ketones is 2. The van der Waals surface area contributed by atoms with Crippen LogP contribution in [0.5, 0.6) is 0 Å². The van der Waals surface area contributed by atoms with Crippen molar-refractivity contribution in [1.29, 1.82) is 0 Å². The second kappa shape index (κ2) is 6.87. The van der Waals surface area contributed by atoms with Gasteiger partial charge in [0.05, 0.1) is 19.8 Å². The molecule has 0 radical (unpaired) electrons. The van der Waals surface area contributed by atoms with Crippen molar-refractivity contribution in [2.75, 3.05) is 26.4 Å². The van der Waals surface area contributed by atoms with Crippen LogP contribution in [0.4, 0.5) is 0 Å². The highest BCUT2D eigenvalue weighted by Crippen LogP contribution is 2.49. The summed E-state index contributed by atoms with van der Waals surface area (Å²) >= 11 is 0. The molecule has 2 unspecified atom stereocenters. The minimum Gasteiger partial charge on any atom is -0.490 e. The average Bonchev–Trinajstić information content (AvgIpc) is 3.69. The molecule has 1 aromatic rings. The smallest absolute Gasteiger partial charge is 0.259 e. The van der Waals surface area contributed by atoms with Gasteiger partial charge in [-0.15, -0.1) is 0 Å². The number of rotatable bonds is 5. The molecule has 3 aliphatic carbocycles. The predicted octanol–water partition coefficient (Wildman–Crippen LogP) is 3.07. The first-order chi connectivity index (χ1) is 14.7. The van der Waals surface area contributed by atoms with Crippen molar-refractivity contribution < 1.29 is 28.5 Å². The summed E-state index contributed by atoms with van der Waals surface area (Å²) in [6, 6.07) is 7.56. The van der Waals surface area contributed by atoms with E-state index in [1.165, 1.54) is 0 Å². The topological polar surface area (TPSA) is 71.1 Å². The number of hydrogen-bond acceptors (Lipinski definition) is 6. The fourth-order valence-corrected chi connectivity index (χ4v) is 4.69. The normalized spacial score (nSPS) is 30.7. The summed E-state index contributed by atoms with van der Waals surface area (Å²) in [5.74, 6) is -0.382. The maximum Gasteiger partial charge on any atom is 0.259 e. The molecular weight excluding hydrogens is 384 g/mol. The van der Waals surface area contributed by atoms with E-state index in [2.05, 4.69) is 0 Å². The Bertz CT molecular complexity index is 977. The molecule has 6 heteroatoms. The van der Waals surface area contributed by atoms with Gasteiger partial charge >= 0.3 is 0 Å².